The normalized spacial score (nSPS) is 12.1. The molecule has 1 rings (SSSR count). The fourth-order valence-corrected chi connectivity index (χ4v) is 1.13. The van der Waals surface area contributed by atoms with Gasteiger partial charge in [-0.1, -0.05) is 12.1 Å². The Bertz CT molecular complexity index is 376. The third-order valence-corrected chi connectivity index (χ3v) is 1.90. The molecule has 0 saturated carbocycles. The number of nitrogens with zero attached hydrogens (tertiary/aromatic N) is 1. The summed E-state index contributed by atoms with van der Waals surface area (Å²) in [6, 6.07) is 5.52. The predicted molar refractivity (Wildman–Crippen MR) is 52.7 cm³/mol. The number of alkyl halides is 1. The molecule has 74 valence electrons. The monoisotopic (exact) mass is 213 g/mol. The zero-order valence-corrected chi connectivity index (χ0v) is 8.19. The summed E-state index contributed by atoms with van der Waals surface area (Å²) in [7, 11) is 0. The smallest absolute Gasteiger partial charge is 0.270 e. The molecule has 1 atom stereocenters. The molecule has 4 nitrogen and oxygen atoms in total. The average molecular weight is 214 g/mol. The van der Waals surface area contributed by atoms with E-state index in [-0.39, 0.29) is 17.0 Å². The van der Waals surface area contributed by atoms with Crippen LogP contribution in [0.4, 0.5) is 5.69 Å². The third kappa shape index (κ3) is 2.29. The molecule has 0 heterocycles. The second-order valence-electron chi connectivity index (χ2n) is 2.79. The molecule has 0 bridgehead atoms. The van der Waals surface area contributed by atoms with Crippen LogP contribution in [0.25, 0.3) is 0 Å². The van der Waals surface area contributed by atoms with Crippen molar-refractivity contribution in [3.05, 3.63) is 39.9 Å². The molecule has 0 amide bonds. The van der Waals surface area contributed by atoms with Gasteiger partial charge in [0.2, 0.25) is 0 Å². The van der Waals surface area contributed by atoms with E-state index in [1.54, 1.807) is 0 Å². The van der Waals surface area contributed by atoms with Crippen LogP contribution in [-0.2, 0) is 0 Å². The van der Waals surface area contributed by atoms with Crippen LogP contribution in [0.1, 0.15) is 17.3 Å². The molecule has 0 aromatic heterocycles. The van der Waals surface area contributed by atoms with E-state index in [2.05, 4.69) is 0 Å². The number of halogens is 1. The lowest BCUT2D eigenvalue weighted by Gasteiger charge is -2.01. The van der Waals surface area contributed by atoms with Crippen molar-refractivity contribution in [2.75, 3.05) is 0 Å². The molecular weight excluding hydrogens is 206 g/mol. The van der Waals surface area contributed by atoms with Crippen molar-refractivity contribution in [2.45, 2.75) is 12.3 Å². The summed E-state index contributed by atoms with van der Waals surface area (Å²) in [5.74, 6) is -0.310. The Morgan fingerprint density at radius 1 is 1.57 bits per heavy atom. The molecule has 5 heteroatoms. The summed E-state index contributed by atoms with van der Waals surface area (Å²) in [6.07, 6.45) is 0. The fourth-order valence-electron chi connectivity index (χ4n) is 1.00. The molecule has 0 aliphatic carbocycles. The predicted octanol–water partition coefficient (Wildman–Crippen LogP) is 2.40. The van der Waals surface area contributed by atoms with Crippen LogP contribution in [0.5, 0.6) is 0 Å². The minimum Gasteiger partial charge on any atom is -0.293 e. The Morgan fingerprint density at radius 3 is 2.71 bits per heavy atom. The molecule has 0 aliphatic heterocycles. The number of ketones is 1. The van der Waals surface area contributed by atoms with E-state index in [9.17, 15) is 14.9 Å². The summed E-state index contributed by atoms with van der Waals surface area (Å²) in [5, 5.41) is 9.74. The van der Waals surface area contributed by atoms with Gasteiger partial charge in [-0.2, -0.15) is 0 Å². The van der Waals surface area contributed by atoms with Gasteiger partial charge in [0, 0.05) is 17.7 Å². The number of hydrogen-bond acceptors (Lipinski definition) is 3. The minimum absolute atomic E-state index is 0.104. The van der Waals surface area contributed by atoms with Crippen molar-refractivity contribution in [3.8, 4) is 0 Å². The topological polar surface area (TPSA) is 60.2 Å². The minimum atomic E-state index is -0.669. The fraction of sp³-hybridized carbons (Fsp3) is 0.222. The highest BCUT2D eigenvalue weighted by atomic mass is 35.5. The summed E-state index contributed by atoms with van der Waals surface area (Å²) in [4.78, 5) is 21.2. The summed E-state index contributed by atoms with van der Waals surface area (Å²) < 4.78 is 0. The van der Waals surface area contributed by atoms with Crippen molar-refractivity contribution in [1.82, 2.24) is 0 Å². The number of carbonyl (C=O) groups is 1. The largest absolute Gasteiger partial charge is 0.293 e. The van der Waals surface area contributed by atoms with Crippen molar-refractivity contribution in [1.29, 1.82) is 0 Å². The van der Waals surface area contributed by atoms with E-state index in [0.29, 0.717) is 0 Å². The lowest BCUT2D eigenvalue weighted by molar-refractivity contribution is -0.384. The molecule has 0 N–H and O–H groups in total. The lowest BCUT2D eigenvalue weighted by Crippen LogP contribution is -2.10. The molecule has 0 aliphatic rings. The summed E-state index contributed by atoms with van der Waals surface area (Å²) >= 11 is 5.58. The Balaban J connectivity index is 3.06. The first-order chi connectivity index (χ1) is 6.52. The van der Waals surface area contributed by atoms with Gasteiger partial charge in [-0.25, -0.2) is 0 Å². The second-order valence-corrected chi connectivity index (χ2v) is 3.44. The first-order valence-electron chi connectivity index (χ1n) is 3.95. The standard InChI is InChI=1S/C9H8ClNO3/c1-6(10)9(12)7-3-2-4-8(5-7)11(13)14/h2-6H,1H3. The maximum Gasteiger partial charge on any atom is 0.270 e. The molecule has 0 radical (unpaired) electrons. The number of carbonyl (C=O) groups excluding carboxylic acids is 1. The van der Waals surface area contributed by atoms with Gasteiger partial charge >= 0.3 is 0 Å². The van der Waals surface area contributed by atoms with Crippen molar-refractivity contribution < 1.29 is 9.72 Å². The van der Waals surface area contributed by atoms with E-state index in [1.165, 1.54) is 31.2 Å². The van der Waals surface area contributed by atoms with Crippen LogP contribution >= 0.6 is 11.6 Å². The van der Waals surface area contributed by atoms with Gasteiger partial charge in [0.05, 0.1) is 10.3 Å². The van der Waals surface area contributed by atoms with Crippen LogP contribution in [-0.4, -0.2) is 16.1 Å². The maximum atomic E-state index is 11.4. The Hall–Kier alpha value is -1.42. The SMILES string of the molecule is CC(Cl)C(=O)c1cccc([N+](=O)[O-])c1. The van der Waals surface area contributed by atoms with Crippen molar-refractivity contribution in [2.24, 2.45) is 0 Å². The number of rotatable bonds is 3. The highest BCUT2D eigenvalue weighted by Gasteiger charge is 2.15. The van der Waals surface area contributed by atoms with E-state index >= 15 is 0 Å². The molecule has 14 heavy (non-hydrogen) atoms. The Morgan fingerprint density at radius 2 is 2.21 bits per heavy atom. The molecular formula is C9H8ClNO3. The zero-order valence-electron chi connectivity index (χ0n) is 7.44. The van der Waals surface area contributed by atoms with Crippen LogP contribution in [0.3, 0.4) is 0 Å². The van der Waals surface area contributed by atoms with Gasteiger partial charge in [0.15, 0.2) is 5.78 Å². The van der Waals surface area contributed by atoms with Crippen molar-refractivity contribution in [3.63, 3.8) is 0 Å². The van der Waals surface area contributed by atoms with Crippen LogP contribution in [0, 0.1) is 10.1 Å². The number of nitro groups is 1. The Kier molecular flexibility index (Phi) is 3.19. The maximum absolute atomic E-state index is 11.4. The highest BCUT2D eigenvalue weighted by Crippen LogP contribution is 2.15. The highest BCUT2D eigenvalue weighted by molar-refractivity contribution is 6.33. The van der Waals surface area contributed by atoms with Crippen LogP contribution < -0.4 is 0 Å². The van der Waals surface area contributed by atoms with Crippen molar-refractivity contribution >= 4 is 23.1 Å². The van der Waals surface area contributed by atoms with E-state index in [1.807, 2.05) is 0 Å². The molecule has 0 saturated heterocycles. The van der Waals surface area contributed by atoms with E-state index in [0.717, 1.165) is 0 Å². The average Bonchev–Trinajstić information content (AvgIpc) is 2.16. The summed E-state index contributed by atoms with van der Waals surface area (Å²) in [5.41, 5.74) is 0.162. The van der Waals surface area contributed by atoms with E-state index in [4.69, 9.17) is 11.6 Å². The second kappa shape index (κ2) is 4.19. The molecule has 0 spiro atoms. The van der Waals surface area contributed by atoms with Gasteiger partial charge in [-0.05, 0) is 6.92 Å². The van der Waals surface area contributed by atoms with Gasteiger partial charge in [-0.3, -0.25) is 14.9 Å². The van der Waals surface area contributed by atoms with Gasteiger partial charge in [0.1, 0.15) is 0 Å². The van der Waals surface area contributed by atoms with Gasteiger partial charge in [-0.15, -0.1) is 11.6 Å². The number of non-ortho nitro benzene ring substituents is 1. The third-order valence-electron chi connectivity index (χ3n) is 1.70. The number of hydrogen-bond donors (Lipinski definition) is 0. The van der Waals surface area contributed by atoms with Crippen LogP contribution in [0.2, 0.25) is 0 Å². The van der Waals surface area contributed by atoms with Gasteiger partial charge in [0.25, 0.3) is 5.69 Å². The zero-order chi connectivity index (χ0) is 10.7. The molecule has 1 aromatic rings. The number of nitro benzene ring substituents is 1. The quantitative estimate of drug-likeness (QED) is 0.335. The molecule has 1 unspecified atom stereocenters. The lowest BCUT2D eigenvalue weighted by atomic mass is 10.1. The number of Topliss-reactive ketones (excluding diaryl/α,β-unsaturated/α-hetero) is 1. The van der Waals surface area contributed by atoms with Gasteiger partial charge < -0.3 is 0 Å². The Labute approximate surface area is 85.6 Å². The molecule has 1 aromatic carbocycles. The number of benzene rings is 1. The van der Waals surface area contributed by atoms with E-state index < -0.39 is 10.3 Å². The first-order valence-corrected chi connectivity index (χ1v) is 4.38. The first kappa shape index (κ1) is 10.7. The summed E-state index contributed by atoms with van der Waals surface area (Å²) in [6.45, 7) is 1.53. The molecule has 0 fully saturated rings. The van der Waals surface area contributed by atoms with Crippen LogP contribution in [0.15, 0.2) is 24.3 Å².